The number of aromatic nitrogens is 4. The standard InChI is InChI=1S/C26H38N4O5/c1-18(2)34-17-26(16-31)12-7-8-20(14-26)35-23-11-10-21(27-19(23)3)25-22(30(4)29-28-25)15-33-24-9-5-6-13-32-24/h10-11,16,18,20,24H,5-9,12-15,17H2,1-4H3/t20-,24?,26?/m0/s1. The van der Waals surface area contributed by atoms with Gasteiger partial charge in [-0.25, -0.2) is 9.67 Å². The molecule has 0 radical (unpaired) electrons. The Bertz CT molecular complexity index is 988. The molecule has 0 bridgehead atoms. The van der Waals surface area contributed by atoms with Gasteiger partial charge in [0.05, 0.1) is 47.9 Å². The number of carbonyl (C=O) groups excluding carboxylic acids is 1. The van der Waals surface area contributed by atoms with Crippen LogP contribution in [-0.4, -0.2) is 58.0 Å². The molecule has 192 valence electrons. The second kappa shape index (κ2) is 11.6. The number of ether oxygens (including phenoxy) is 4. The number of aldehydes is 1. The summed E-state index contributed by atoms with van der Waals surface area (Å²) in [5, 5.41) is 8.52. The Kier molecular flexibility index (Phi) is 8.51. The first-order valence-corrected chi connectivity index (χ1v) is 12.7. The Morgan fingerprint density at radius 3 is 2.83 bits per heavy atom. The van der Waals surface area contributed by atoms with Gasteiger partial charge in [-0.3, -0.25) is 0 Å². The van der Waals surface area contributed by atoms with Gasteiger partial charge in [0.2, 0.25) is 0 Å². The third kappa shape index (κ3) is 6.45. The Labute approximate surface area is 207 Å². The molecule has 4 rings (SSSR count). The minimum atomic E-state index is -0.481. The van der Waals surface area contributed by atoms with Crippen molar-refractivity contribution in [1.29, 1.82) is 0 Å². The first kappa shape index (κ1) is 25.7. The molecule has 1 saturated heterocycles. The van der Waals surface area contributed by atoms with Crippen LogP contribution in [0.2, 0.25) is 0 Å². The molecule has 3 heterocycles. The minimum absolute atomic E-state index is 0.0490. The van der Waals surface area contributed by atoms with Crippen LogP contribution in [0.5, 0.6) is 5.75 Å². The monoisotopic (exact) mass is 486 g/mol. The Hall–Kier alpha value is -2.36. The van der Waals surface area contributed by atoms with Crippen LogP contribution in [0.15, 0.2) is 12.1 Å². The smallest absolute Gasteiger partial charge is 0.158 e. The van der Waals surface area contributed by atoms with Crippen molar-refractivity contribution < 1.29 is 23.7 Å². The second-order valence-electron chi connectivity index (χ2n) is 10.1. The Morgan fingerprint density at radius 2 is 2.11 bits per heavy atom. The molecule has 2 aromatic heterocycles. The molecule has 9 nitrogen and oxygen atoms in total. The van der Waals surface area contributed by atoms with E-state index < -0.39 is 5.41 Å². The van der Waals surface area contributed by atoms with Crippen LogP contribution >= 0.6 is 0 Å². The van der Waals surface area contributed by atoms with Gasteiger partial charge in [0, 0.05) is 13.7 Å². The van der Waals surface area contributed by atoms with E-state index in [0.717, 1.165) is 74.2 Å². The van der Waals surface area contributed by atoms with E-state index >= 15 is 0 Å². The number of rotatable bonds is 10. The fourth-order valence-electron chi connectivity index (χ4n) is 4.78. The highest BCUT2D eigenvalue weighted by atomic mass is 16.7. The molecular weight excluding hydrogens is 448 g/mol. The molecule has 2 aromatic rings. The lowest BCUT2D eigenvalue weighted by atomic mass is 9.74. The van der Waals surface area contributed by atoms with E-state index in [4.69, 9.17) is 23.9 Å². The van der Waals surface area contributed by atoms with Gasteiger partial charge in [0.1, 0.15) is 17.7 Å². The minimum Gasteiger partial charge on any atom is -0.488 e. The average molecular weight is 487 g/mol. The molecule has 1 aliphatic carbocycles. The molecule has 2 aliphatic rings. The van der Waals surface area contributed by atoms with E-state index in [1.807, 2.05) is 40.0 Å². The van der Waals surface area contributed by atoms with E-state index in [1.165, 1.54) is 0 Å². The molecule has 2 unspecified atom stereocenters. The maximum absolute atomic E-state index is 12.0. The predicted molar refractivity (Wildman–Crippen MR) is 130 cm³/mol. The van der Waals surface area contributed by atoms with E-state index in [0.29, 0.717) is 25.3 Å². The van der Waals surface area contributed by atoms with Crippen LogP contribution < -0.4 is 4.74 Å². The number of hydrogen-bond acceptors (Lipinski definition) is 8. The molecule has 3 atom stereocenters. The molecule has 0 N–H and O–H groups in total. The zero-order valence-corrected chi connectivity index (χ0v) is 21.4. The largest absolute Gasteiger partial charge is 0.488 e. The van der Waals surface area contributed by atoms with E-state index in [-0.39, 0.29) is 18.5 Å². The summed E-state index contributed by atoms with van der Waals surface area (Å²) in [4.78, 5) is 16.7. The highest BCUT2D eigenvalue weighted by molar-refractivity contribution is 5.60. The highest BCUT2D eigenvalue weighted by Gasteiger charge is 2.38. The molecule has 1 aliphatic heterocycles. The fourth-order valence-corrected chi connectivity index (χ4v) is 4.78. The average Bonchev–Trinajstić information content (AvgIpc) is 3.23. The van der Waals surface area contributed by atoms with Crippen molar-refractivity contribution in [2.45, 2.75) is 90.8 Å². The Balaban J connectivity index is 1.43. The van der Waals surface area contributed by atoms with Crippen molar-refractivity contribution in [1.82, 2.24) is 20.0 Å². The summed E-state index contributed by atoms with van der Waals surface area (Å²) in [5.74, 6) is 0.725. The number of carbonyl (C=O) groups is 1. The summed E-state index contributed by atoms with van der Waals surface area (Å²) in [6.07, 6.45) is 7.36. The van der Waals surface area contributed by atoms with Gasteiger partial charge >= 0.3 is 0 Å². The van der Waals surface area contributed by atoms with Crippen molar-refractivity contribution in [3.8, 4) is 17.1 Å². The van der Waals surface area contributed by atoms with Crippen LogP contribution in [0.25, 0.3) is 11.4 Å². The first-order valence-electron chi connectivity index (χ1n) is 12.7. The molecule has 9 heteroatoms. The normalized spacial score (nSPS) is 25.1. The lowest BCUT2D eigenvalue weighted by Crippen LogP contribution is -2.39. The summed E-state index contributed by atoms with van der Waals surface area (Å²) >= 11 is 0. The van der Waals surface area contributed by atoms with Gasteiger partial charge in [-0.1, -0.05) is 5.21 Å². The Morgan fingerprint density at radius 1 is 1.26 bits per heavy atom. The SMILES string of the molecule is Cc1nc(-c2nnn(C)c2COC2CCCCO2)ccc1O[C@H]1CCCC(C=O)(COC(C)C)C1. The van der Waals surface area contributed by atoms with Gasteiger partial charge in [-0.15, -0.1) is 5.10 Å². The summed E-state index contributed by atoms with van der Waals surface area (Å²) in [6, 6.07) is 3.84. The van der Waals surface area contributed by atoms with Crippen LogP contribution in [0.1, 0.15) is 70.2 Å². The van der Waals surface area contributed by atoms with Crippen LogP contribution in [0.4, 0.5) is 0 Å². The summed E-state index contributed by atoms with van der Waals surface area (Å²) < 4.78 is 25.5. The van der Waals surface area contributed by atoms with Crippen molar-refractivity contribution in [2.75, 3.05) is 13.2 Å². The number of pyridine rings is 1. The maximum atomic E-state index is 12.0. The van der Waals surface area contributed by atoms with Crippen molar-refractivity contribution in [3.05, 3.63) is 23.5 Å². The van der Waals surface area contributed by atoms with Crippen LogP contribution in [0.3, 0.4) is 0 Å². The van der Waals surface area contributed by atoms with Crippen LogP contribution in [-0.2, 0) is 32.7 Å². The molecule has 0 spiro atoms. The second-order valence-corrected chi connectivity index (χ2v) is 10.1. The quantitative estimate of drug-likeness (QED) is 0.462. The number of aryl methyl sites for hydroxylation is 2. The van der Waals surface area contributed by atoms with Crippen molar-refractivity contribution >= 4 is 6.29 Å². The first-order chi connectivity index (χ1) is 16.9. The summed E-state index contributed by atoms with van der Waals surface area (Å²) in [6.45, 7) is 7.45. The molecule has 0 amide bonds. The lowest BCUT2D eigenvalue weighted by molar-refractivity contribution is -0.169. The fraction of sp³-hybridized carbons (Fsp3) is 0.692. The van der Waals surface area contributed by atoms with Gasteiger partial charge in [0.25, 0.3) is 0 Å². The third-order valence-corrected chi connectivity index (χ3v) is 6.85. The van der Waals surface area contributed by atoms with Crippen molar-refractivity contribution in [2.24, 2.45) is 12.5 Å². The van der Waals surface area contributed by atoms with Crippen LogP contribution in [0, 0.1) is 12.3 Å². The number of hydrogen-bond donors (Lipinski definition) is 0. The molecule has 2 fully saturated rings. The van der Waals surface area contributed by atoms with Gasteiger partial charge in [-0.05, 0) is 77.8 Å². The zero-order chi connectivity index (χ0) is 24.8. The van der Waals surface area contributed by atoms with E-state index in [9.17, 15) is 4.79 Å². The molecule has 0 aromatic carbocycles. The molecular formula is C26H38N4O5. The third-order valence-electron chi connectivity index (χ3n) is 6.85. The maximum Gasteiger partial charge on any atom is 0.158 e. The lowest BCUT2D eigenvalue weighted by Gasteiger charge is -2.37. The zero-order valence-electron chi connectivity index (χ0n) is 21.4. The van der Waals surface area contributed by atoms with Gasteiger partial charge < -0.3 is 23.7 Å². The topological polar surface area (TPSA) is 97.6 Å². The summed E-state index contributed by atoms with van der Waals surface area (Å²) in [7, 11) is 1.85. The van der Waals surface area contributed by atoms with Gasteiger partial charge in [0.15, 0.2) is 6.29 Å². The predicted octanol–water partition coefficient (Wildman–Crippen LogP) is 4.16. The molecule has 35 heavy (non-hydrogen) atoms. The highest BCUT2D eigenvalue weighted by Crippen LogP contribution is 2.37. The van der Waals surface area contributed by atoms with Crippen molar-refractivity contribution in [3.63, 3.8) is 0 Å². The number of nitrogens with zero attached hydrogens (tertiary/aromatic N) is 4. The van der Waals surface area contributed by atoms with E-state index in [2.05, 4.69) is 10.3 Å². The van der Waals surface area contributed by atoms with E-state index in [1.54, 1.807) is 4.68 Å². The molecule has 1 saturated carbocycles. The summed E-state index contributed by atoms with van der Waals surface area (Å²) in [5.41, 5.74) is 2.57. The van der Waals surface area contributed by atoms with Gasteiger partial charge in [-0.2, -0.15) is 0 Å².